The number of fused-ring (bicyclic) bond motifs is 1. The molecular formula is C23H22N2O3S. The molecule has 2 aromatic carbocycles. The molecule has 2 aliphatic heterocycles. The second-order valence-corrected chi connectivity index (χ2v) is 8.50. The Balaban J connectivity index is 1.26. The van der Waals surface area contributed by atoms with E-state index in [1.807, 2.05) is 76.1 Å². The first kappa shape index (κ1) is 18.2. The van der Waals surface area contributed by atoms with Gasteiger partial charge in [-0.2, -0.15) is 11.8 Å². The van der Waals surface area contributed by atoms with Crippen LogP contribution in [0.5, 0.6) is 11.5 Å². The SMILES string of the molecule is O=C(c1ccc(-n2cccc2)cc1)N1CCSC(c2ccc3c(c2)OCO3)CC1. The van der Waals surface area contributed by atoms with E-state index >= 15 is 0 Å². The van der Waals surface area contributed by atoms with E-state index in [0.29, 0.717) is 12.0 Å². The Morgan fingerprint density at radius 2 is 1.76 bits per heavy atom. The van der Waals surface area contributed by atoms with Gasteiger partial charge in [0.05, 0.1) is 0 Å². The van der Waals surface area contributed by atoms with Crippen molar-refractivity contribution in [2.45, 2.75) is 11.7 Å². The fraction of sp³-hybridized carbons (Fsp3) is 0.261. The zero-order valence-corrected chi connectivity index (χ0v) is 16.8. The zero-order valence-electron chi connectivity index (χ0n) is 16.0. The van der Waals surface area contributed by atoms with Gasteiger partial charge < -0.3 is 18.9 Å². The number of carbonyl (C=O) groups is 1. The third-order valence-electron chi connectivity index (χ3n) is 5.41. The van der Waals surface area contributed by atoms with Crippen LogP contribution in [-0.2, 0) is 0 Å². The normalized spacial score (nSPS) is 18.5. The van der Waals surface area contributed by atoms with Gasteiger partial charge in [-0.15, -0.1) is 0 Å². The molecule has 6 heteroatoms. The van der Waals surface area contributed by atoms with Crippen molar-refractivity contribution in [3.05, 3.63) is 78.1 Å². The first-order valence-electron chi connectivity index (χ1n) is 9.82. The third kappa shape index (κ3) is 3.72. The lowest BCUT2D eigenvalue weighted by Gasteiger charge is -2.20. The predicted octanol–water partition coefficient (Wildman–Crippen LogP) is 4.53. The zero-order chi connectivity index (χ0) is 19.6. The summed E-state index contributed by atoms with van der Waals surface area (Å²) in [7, 11) is 0. The lowest BCUT2D eigenvalue weighted by Crippen LogP contribution is -2.32. The molecule has 3 heterocycles. The van der Waals surface area contributed by atoms with Crippen LogP contribution < -0.4 is 9.47 Å². The van der Waals surface area contributed by atoms with Crippen molar-refractivity contribution in [3.8, 4) is 17.2 Å². The van der Waals surface area contributed by atoms with Gasteiger partial charge >= 0.3 is 0 Å². The largest absolute Gasteiger partial charge is 0.454 e. The summed E-state index contributed by atoms with van der Waals surface area (Å²) in [5.74, 6) is 2.67. The number of hydrogen-bond donors (Lipinski definition) is 0. The third-order valence-corrected chi connectivity index (χ3v) is 6.74. The van der Waals surface area contributed by atoms with E-state index in [9.17, 15) is 4.79 Å². The Bertz CT molecular complexity index is 1000. The lowest BCUT2D eigenvalue weighted by atomic mass is 10.1. The summed E-state index contributed by atoms with van der Waals surface area (Å²) in [4.78, 5) is 15.0. The highest BCUT2D eigenvalue weighted by atomic mass is 32.2. The van der Waals surface area contributed by atoms with Crippen LogP contribution in [-0.4, -0.2) is 41.0 Å². The Morgan fingerprint density at radius 1 is 0.966 bits per heavy atom. The van der Waals surface area contributed by atoms with Gasteiger partial charge in [0.15, 0.2) is 11.5 Å². The molecule has 0 bridgehead atoms. The van der Waals surface area contributed by atoms with Crippen LogP contribution in [0.1, 0.15) is 27.6 Å². The van der Waals surface area contributed by atoms with Gasteiger partial charge in [-0.05, 0) is 60.5 Å². The number of hydrogen-bond acceptors (Lipinski definition) is 4. The molecule has 5 rings (SSSR count). The van der Waals surface area contributed by atoms with Crippen LogP contribution in [0.2, 0.25) is 0 Å². The predicted molar refractivity (Wildman–Crippen MR) is 114 cm³/mol. The minimum atomic E-state index is 0.107. The van der Waals surface area contributed by atoms with E-state index in [4.69, 9.17) is 9.47 Å². The lowest BCUT2D eigenvalue weighted by molar-refractivity contribution is 0.0766. The van der Waals surface area contributed by atoms with Gasteiger partial charge in [-0.1, -0.05) is 6.07 Å². The van der Waals surface area contributed by atoms with Crippen molar-refractivity contribution in [1.82, 2.24) is 9.47 Å². The number of thioether (sulfide) groups is 1. The molecule has 1 fully saturated rings. The summed E-state index contributed by atoms with van der Waals surface area (Å²) < 4.78 is 13.0. The van der Waals surface area contributed by atoms with Gasteiger partial charge in [0, 0.05) is 47.7 Å². The van der Waals surface area contributed by atoms with E-state index < -0.39 is 0 Å². The fourth-order valence-electron chi connectivity index (χ4n) is 3.82. The molecule has 2 aliphatic rings. The summed E-state index contributed by atoms with van der Waals surface area (Å²) in [6.07, 6.45) is 4.93. The summed E-state index contributed by atoms with van der Waals surface area (Å²) in [5, 5.41) is 0.360. The highest BCUT2D eigenvalue weighted by Crippen LogP contribution is 2.40. The first-order valence-corrected chi connectivity index (χ1v) is 10.9. The molecule has 1 unspecified atom stereocenters. The van der Waals surface area contributed by atoms with E-state index in [1.165, 1.54) is 5.56 Å². The number of ether oxygens (including phenoxy) is 2. The molecule has 1 amide bonds. The maximum atomic E-state index is 13.0. The van der Waals surface area contributed by atoms with Crippen molar-refractivity contribution in [2.75, 3.05) is 25.6 Å². The van der Waals surface area contributed by atoms with Gasteiger partial charge in [-0.3, -0.25) is 4.79 Å². The Hall–Kier alpha value is -2.86. The molecule has 5 nitrogen and oxygen atoms in total. The number of carbonyl (C=O) groups excluding carboxylic acids is 1. The second kappa shape index (κ2) is 7.87. The standard InChI is InChI=1S/C23H22N2O3S/c26-23(17-3-6-19(7-4-17)24-10-1-2-11-24)25-12-9-22(29-14-13-25)18-5-8-20-21(15-18)28-16-27-20/h1-8,10-11,15,22H,9,12-14,16H2. The van der Waals surface area contributed by atoms with Crippen LogP contribution in [0.25, 0.3) is 5.69 Å². The number of rotatable bonds is 3. The molecule has 0 N–H and O–H groups in total. The minimum absolute atomic E-state index is 0.107. The summed E-state index contributed by atoms with van der Waals surface area (Å²) in [6, 6.07) is 18.0. The molecule has 0 spiro atoms. The van der Waals surface area contributed by atoms with Gasteiger partial charge in [0.2, 0.25) is 6.79 Å². The number of nitrogens with zero attached hydrogens (tertiary/aromatic N) is 2. The smallest absolute Gasteiger partial charge is 0.253 e. The monoisotopic (exact) mass is 406 g/mol. The Kier molecular flexibility index (Phi) is 4.94. The van der Waals surface area contributed by atoms with Crippen LogP contribution in [0.4, 0.5) is 0 Å². The number of benzene rings is 2. The van der Waals surface area contributed by atoms with Crippen LogP contribution in [0.15, 0.2) is 67.0 Å². The van der Waals surface area contributed by atoms with Crippen molar-refractivity contribution in [2.24, 2.45) is 0 Å². The first-order chi connectivity index (χ1) is 14.3. The molecule has 1 saturated heterocycles. The molecular weight excluding hydrogens is 384 g/mol. The fourth-order valence-corrected chi connectivity index (χ4v) is 5.04. The minimum Gasteiger partial charge on any atom is -0.454 e. The van der Waals surface area contributed by atoms with Crippen LogP contribution in [0.3, 0.4) is 0 Å². The topological polar surface area (TPSA) is 43.7 Å². The van der Waals surface area contributed by atoms with Crippen LogP contribution in [0, 0.1) is 0 Å². The average Bonchev–Trinajstić information content (AvgIpc) is 3.40. The molecule has 0 aliphatic carbocycles. The van der Waals surface area contributed by atoms with E-state index in [0.717, 1.165) is 48.0 Å². The number of amides is 1. The summed E-state index contributed by atoms with van der Waals surface area (Å²) in [6.45, 7) is 1.82. The highest BCUT2D eigenvalue weighted by molar-refractivity contribution is 7.99. The molecule has 0 radical (unpaired) electrons. The molecule has 3 aromatic rings. The average molecular weight is 407 g/mol. The van der Waals surface area contributed by atoms with E-state index in [1.54, 1.807) is 0 Å². The maximum absolute atomic E-state index is 13.0. The molecule has 148 valence electrons. The summed E-state index contributed by atoms with van der Waals surface area (Å²) in [5.41, 5.74) is 3.04. The second-order valence-electron chi connectivity index (χ2n) is 7.19. The number of aromatic nitrogens is 1. The van der Waals surface area contributed by atoms with Crippen molar-refractivity contribution in [1.29, 1.82) is 0 Å². The van der Waals surface area contributed by atoms with E-state index in [-0.39, 0.29) is 5.91 Å². The highest BCUT2D eigenvalue weighted by Gasteiger charge is 2.24. The quantitative estimate of drug-likeness (QED) is 0.641. The van der Waals surface area contributed by atoms with Gasteiger partial charge in [-0.25, -0.2) is 0 Å². The Labute approximate surface area is 174 Å². The molecule has 1 aromatic heterocycles. The van der Waals surface area contributed by atoms with Crippen molar-refractivity contribution < 1.29 is 14.3 Å². The van der Waals surface area contributed by atoms with Crippen molar-refractivity contribution in [3.63, 3.8) is 0 Å². The maximum Gasteiger partial charge on any atom is 0.253 e. The molecule has 0 saturated carbocycles. The molecule has 29 heavy (non-hydrogen) atoms. The molecule has 1 atom stereocenters. The Morgan fingerprint density at radius 3 is 2.59 bits per heavy atom. The summed E-state index contributed by atoms with van der Waals surface area (Å²) >= 11 is 1.91. The van der Waals surface area contributed by atoms with Crippen LogP contribution >= 0.6 is 11.8 Å². The van der Waals surface area contributed by atoms with Crippen molar-refractivity contribution >= 4 is 17.7 Å². The van der Waals surface area contributed by atoms with E-state index in [2.05, 4.69) is 12.1 Å². The van der Waals surface area contributed by atoms with Gasteiger partial charge in [0.25, 0.3) is 5.91 Å². The van der Waals surface area contributed by atoms with Gasteiger partial charge in [0.1, 0.15) is 0 Å².